The van der Waals surface area contributed by atoms with Gasteiger partial charge in [0.25, 0.3) is 0 Å². The molecular weight excluding hydrogens is 176 g/mol. The normalized spacial score (nSPS) is 10.7. The number of fused-ring (bicyclic) bond motifs is 1. The number of nitrogens with zero attached hydrogens (tertiary/aromatic N) is 2. The molecule has 4 nitrogen and oxygen atoms in total. The van der Waals surface area contributed by atoms with Crippen molar-refractivity contribution in [1.82, 2.24) is 9.38 Å². The summed E-state index contributed by atoms with van der Waals surface area (Å²) in [4.78, 5) is 4.24. The first-order valence-electron chi connectivity index (χ1n) is 4.39. The van der Waals surface area contributed by atoms with Crippen LogP contribution in [-0.2, 0) is 0 Å². The Labute approximate surface area is 81.9 Å². The lowest BCUT2D eigenvalue weighted by Crippen LogP contribution is -2.11. The van der Waals surface area contributed by atoms with Gasteiger partial charge in [0.15, 0.2) is 0 Å². The van der Waals surface area contributed by atoms with Gasteiger partial charge in [-0.25, -0.2) is 4.98 Å². The average Bonchev–Trinajstić information content (AvgIpc) is 2.43. The molecule has 2 aromatic heterocycles. The first-order valence-corrected chi connectivity index (χ1v) is 4.39. The summed E-state index contributed by atoms with van der Waals surface area (Å²) in [5, 5.41) is 7.40. The minimum Gasteiger partial charge on any atom is -0.382 e. The summed E-state index contributed by atoms with van der Waals surface area (Å²) in [6, 6.07) is 3.99. The number of aromatic nitrogens is 2. The van der Waals surface area contributed by atoms with Gasteiger partial charge in [-0.1, -0.05) is 0 Å². The summed E-state index contributed by atoms with van der Waals surface area (Å²) in [5.74, 6) is 0.867. The zero-order valence-electron chi connectivity index (χ0n) is 8.20. The van der Waals surface area contributed by atoms with Gasteiger partial charge in [0.1, 0.15) is 17.4 Å². The van der Waals surface area contributed by atoms with Gasteiger partial charge < -0.3 is 10.1 Å². The molecule has 0 fully saturated rings. The van der Waals surface area contributed by atoms with Crippen molar-refractivity contribution in [2.24, 2.45) is 5.73 Å². The van der Waals surface area contributed by atoms with E-state index < -0.39 is 0 Å². The van der Waals surface area contributed by atoms with Crippen molar-refractivity contribution in [3.8, 4) is 0 Å². The number of nitrogen functional groups attached to an aromatic ring is 1. The molecule has 0 unspecified atom stereocenters. The van der Waals surface area contributed by atoms with Crippen LogP contribution < -0.4 is 5.73 Å². The Morgan fingerprint density at radius 2 is 2.21 bits per heavy atom. The fraction of sp³-hybridized carbons (Fsp3) is 0.200. The topological polar surface area (TPSA) is 67.2 Å². The monoisotopic (exact) mass is 188 g/mol. The van der Waals surface area contributed by atoms with Crippen LogP contribution in [0.2, 0.25) is 0 Å². The molecule has 0 saturated carbocycles. The third-order valence-electron chi connectivity index (χ3n) is 2.23. The number of rotatable bonds is 1. The fourth-order valence-corrected chi connectivity index (χ4v) is 1.54. The minimum absolute atomic E-state index is 0.0150. The number of imidazole rings is 1. The highest BCUT2D eigenvalue weighted by atomic mass is 15.0. The van der Waals surface area contributed by atoms with Crippen LogP contribution >= 0.6 is 0 Å². The van der Waals surface area contributed by atoms with Gasteiger partial charge in [0.2, 0.25) is 0 Å². The van der Waals surface area contributed by atoms with E-state index >= 15 is 0 Å². The number of hydrogen-bond acceptors (Lipinski definition) is 2. The Balaban J connectivity index is 2.85. The molecule has 0 radical (unpaired) electrons. The molecule has 2 heterocycles. The van der Waals surface area contributed by atoms with Gasteiger partial charge in [0, 0.05) is 6.20 Å². The molecule has 0 saturated heterocycles. The van der Waals surface area contributed by atoms with Crippen molar-refractivity contribution < 1.29 is 0 Å². The van der Waals surface area contributed by atoms with Crippen LogP contribution in [0.4, 0.5) is 0 Å². The summed E-state index contributed by atoms with van der Waals surface area (Å²) in [6.45, 7) is 3.90. The average molecular weight is 188 g/mol. The summed E-state index contributed by atoms with van der Waals surface area (Å²) in [6.07, 6.45) is 1.94. The highest BCUT2D eigenvalue weighted by Gasteiger charge is 2.09. The van der Waals surface area contributed by atoms with Gasteiger partial charge in [0.05, 0.1) is 5.52 Å². The Bertz CT molecular complexity index is 510. The van der Waals surface area contributed by atoms with Crippen molar-refractivity contribution in [2.75, 3.05) is 0 Å². The molecule has 0 amide bonds. The molecule has 4 heteroatoms. The van der Waals surface area contributed by atoms with E-state index in [1.165, 1.54) is 0 Å². The van der Waals surface area contributed by atoms with Crippen molar-refractivity contribution in [1.29, 1.82) is 5.41 Å². The first-order chi connectivity index (χ1) is 6.59. The quantitative estimate of drug-likeness (QED) is 0.522. The maximum atomic E-state index is 7.40. The lowest BCUT2D eigenvalue weighted by molar-refractivity contribution is 1.04. The van der Waals surface area contributed by atoms with Crippen molar-refractivity contribution in [3.63, 3.8) is 0 Å². The lowest BCUT2D eigenvalue weighted by atomic mass is 10.2. The van der Waals surface area contributed by atoms with Crippen LogP contribution in [0, 0.1) is 19.3 Å². The zero-order valence-corrected chi connectivity index (χ0v) is 8.20. The van der Waals surface area contributed by atoms with Crippen LogP contribution in [0.5, 0.6) is 0 Å². The van der Waals surface area contributed by atoms with Crippen LogP contribution in [0.25, 0.3) is 5.52 Å². The number of pyridine rings is 1. The van der Waals surface area contributed by atoms with Crippen molar-refractivity contribution in [3.05, 3.63) is 35.4 Å². The van der Waals surface area contributed by atoms with Gasteiger partial charge in [-0.05, 0) is 31.5 Å². The molecular formula is C10H12N4. The van der Waals surface area contributed by atoms with Crippen molar-refractivity contribution in [2.45, 2.75) is 13.8 Å². The van der Waals surface area contributed by atoms with Gasteiger partial charge in [-0.2, -0.15) is 0 Å². The molecule has 0 aromatic carbocycles. The molecule has 0 spiro atoms. The number of hydrogen-bond donors (Lipinski definition) is 2. The molecule has 3 N–H and O–H groups in total. The Morgan fingerprint density at radius 1 is 1.50 bits per heavy atom. The number of aryl methyl sites for hydroxylation is 2. The molecule has 72 valence electrons. The highest BCUT2D eigenvalue weighted by molar-refractivity contribution is 5.99. The molecule has 0 aliphatic rings. The van der Waals surface area contributed by atoms with Gasteiger partial charge >= 0.3 is 0 Å². The maximum absolute atomic E-state index is 7.40. The lowest BCUT2D eigenvalue weighted by Gasteiger charge is -1.98. The van der Waals surface area contributed by atoms with E-state index in [0.29, 0.717) is 5.69 Å². The van der Waals surface area contributed by atoms with Crippen LogP contribution in [0.3, 0.4) is 0 Å². The van der Waals surface area contributed by atoms with Gasteiger partial charge in [-0.3, -0.25) is 5.41 Å². The maximum Gasteiger partial charge on any atom is 0.144 e. The number of nitrogens with one attached hydrogen (secondary N) is 1. The minimum atomic E-state index is 0.0150. The predicted molar refractivity (Wildman–Crippen MR) is 55.7 cm³/mol. The summed E-state index contributed by atoms with van der Waals surface area (Å²) in [5.41, 5.74) is 8.05. The van der Waals surface area contributed by atoms with E-state index in [1.54, 1.807) is 0 Å². The molecule has 0 aliphatic heterocycles. The van der Waals surface area contributed by atoms with E-state index in [9.17, 15) is 0 Å². The molecule has 2 aromatic rings. The van der Waals surface area contributed by atoms with Crippen LogP contribution in [0.15, 0.2) is 18.3 Å². The third kappa shape index (κ3) is 1.16. The van der Waals surface area contributed by atoms with Crippen LogP contribution in [0.1, 0.15) is 17.1 Å². The second kappa shape index (κ2) is 2.83. The van der Waals surface area contributed by atoms with E-state index in [4.69, 9.17) is 11.1 Å². The molecule has 0 aliphatic carbocycles. The number of amidine groups is 1. The van der Waals surface area contributed by atoms with E-state index in [0.717, 1.165) is 16.9 Å². The summed E-state index contributed by atoms with van der Waals surface area (Å²) in [7, 11) is 0. The highest BCUT2D eigenvalue weighted by Crippen LogP contribution is 2.13. The summed E-state index contributed by atoms with van der Waals surface area (Å²) >= 11 is 0. The molecule has 2 rings (SSSR count). The molecule has 0 bridgehead atoms. The Kier molecular flexibility index (Phi) is 1.77. The second-order valence-electron chi connectivity index (χ2n) is 3.38. The predicted octanol–water partition coefficient (Wildman–Crippen LogP) is 1.24. The van der Waals surface area contributed by atoms with Gasteiger partial charge in [-0.15, -0.1) is 0 Å². The van der Waals surface area contributed by atoms with Crippen molar-refractivity contribution >= 4 is 11.4 Å². The second-order valence-corrected chi connectivity index (χ2v) is 3.38. The molecule has 14 heavy (non-hydrogen) atoms. The van der Waals surface area contributed by atoms with Crippen LogP contribution in [-0.4, -0.2) is 15.2 Å². The number of nitrogens with two attached hydrogens (primary N) is 1. The first kappa shape index (κ1) is 8.74. The SMILES string of the molecule is Cc1ccn2c(C)nc(C(=N)N)c2c1. The standard InChI is InChI=1S/C10H12N4/c1-6-3-4-14-7(2)13-9(10(11)12)8(14)5-6/h3-5H,1-2H3,(H3,11,12). The fourth-order valence-electron chi connectivity index (χ4n) is 1.54. The van der Waals surface area contributed by atoms with E-state index in [2.05, 4.69) is 4.98 Å². The largest absolute Gasteiger partial charge is 0.382 e. The van der Waals surface area contributed by atoms with E-state index in [1.807, 2.05) is 36.6 Å². The molecule has 0 atom stereocenters. The Morgan fingerprint density at radius 3 is 2.86 bits per heavy atom. The van der Waals surface area contributed by atoms with E-state index in [-0.39, 0.29) is 5.84 Å². The Hall–Kier alpha value is -1.84. The zero-order chi connectivity index (χ0) is 10.3. The summed E-state index contributed by atoms with van der Waals surface area (Å²) < 4.78 is 1.93. The smallest absolute Gasteiger partial charge is 0.144 e. The third-order valence-corrected chi connectivity index (χ3v) is 2.23.